The molecule has 0 unspecified atom stereocenters. The van der Waals surface area contributed by atoms with Crippen molar-refractivity contribution < 1.29 is 4.79 Å². The summed E-state index contributed by atoms with van der Waals surface area (Å²) in [6.45, 7) is 2.24. The van der Waals surface area contributed by atoms with E-state index >= 15 is 0 Å². The van der Waals surface area contributed by atoms with Gasteiger partial charge in [-0.2, -0.15) is 20.1 Å². The Morgan fingerprint density at radius 2 is 1.82 bits per heavy atom. The average molecular weight is 380 g/mol. The van der Waals surface area contributed by atoms with Gasteiger partial charge >= 0.3 is 0 Å². The lowest BCUT2D eigenvalue weighted by atomic mass is 10.1. The van der Waals surface area contributed by atoms with E-state index in [2.05, 4.69) is 20.6 Å². The largest absolute Gasteiger partial charge is 0.350 e. The van der Waals surface area contributed by atoms with E-state index in [0.717, 1.165) is 48.0 Å². The fraction of sp³-hybridized carbons (Fsp3) is 0.450. The van der Waals surface area contributed by atoms with Crippen LogP contribution in [0.5, 0.6) is 0 Å². The van der Waals surface area contributed by atoms with Gasteiger partial charge in [0, 0.05) is 12.1 Å². The Hall–Kier alpha value is -3.03. The number of rotatable bonds is 5. The van der Waals surface area contributed by atoms with Crippen LogP contribution in [0.15, 0.2) is 35.1 Å². The molecule has 1 aliphatic rings. The summed E-state index contributed by atoms with van der Waals surface area (Å²) < 4.78 is 1.47. The van der Waals surface area contributed by atoms with Crippen LogP contribution in [-0.4, -0.2) is 36.7 Å². The van der Waals surface area contributed by atoms with Gasteiger partial charge in [-0.15, -0.1) is 0 Å². The van der Waals surface area contributed by atoms with Gasteiger partial charge in [0.1, 0.15) is 17.6 Å². The highest BCUT2D eigenvalue weighted by Crippen LogP contribution is 2.16. The Kier molecular flexibility index (Phi) is 5.18. The van der Waals surface area contributed by atoms with Gasteiger partial charge in [0.05, 0.1) is 12.2 Å². The highest BCUT2D eigenvalue weighted by molar-refractivity contribution is 5.77. The van der Waals surface area contributed by atoms with Crippen molar-refractivity contribution in [2.75, 3.05) is 0 Å². The third kappa shape index (κ3) is 4.11. The monoisotopic (exact) mass is 380 g/mol. The van der Waals surface area contributed by atoms with Crippen molar-refractivity contribution in [2.24, 2.45) is 0 Å². The number of nitrogens with zero attached hydrogens (tertiary/aromatic N) is 5. The molecule has 28 heavy (non-hydrogen) atoms. The number of carbonyl (C=O) groups excluding carboxylic acids is 1. The molecule has 0 radical (unpaired) electrons. The summed E-state index contributed by atoms with van der Waals surface area (Å²) in [5.74, 6) is -0.199. The normalized spacial score (nSPS) is 15.0. The molecule has 8 nitrogen and oxygen atoms in total. The molecule has 1 N–H and O–H groups in total. The lowest BCUT2D eigenvalue weighted by molar-refractivity contribution is -0.122. The molecule has 0 saturated heterocycles. The van der Waals surface area contributed by atoms with Crippen LogP contribution < -0.4 is 10.9 Å². The smallest absolute Gasteiger partial charge is 0.267 e. The van der Waals surface area contributed by atoms with Gasteiger partial charge in [0.25, 0.3) is 5.56 Å². The Balaban J connectivity index is 1.39. The molecule has 8 heteroatoms. The van der Waals surface area contributed by atoms with Crippen LogP contribution >= 0.6 is 0 Å². The average Bonchev–Trinajstić information content (AvgIpc) is 2.92. The summed E-state index contributed by atoms with van der Waals surface area (Å²) in [5.41, 5.74) is 3.49. The van der Waals surface area contributed by atoms with Crippen molar-refractivity contribution in [1.82, 2.24) is 30.1 Å². The first-order valence-corrected chi connectivity index (χ1v) is 9.77. The molecule has 1 aliphatic carbocycles. The number of nitrogens with one attached hydrogen (secondary N) is 1. The summed E-state index contributed by atoms with van der Waals surface area (Å²) in [6.07, 6.45) is 5.23. The number of aromatic nitrogens is 5. The minimum absolute atomic E-state index is 0.0333. The van der Waals surface area contributed by atoms with E-state index in [1.54, 1.807) is 6.07 Å². The first-order chi connectivity index (χ1) is 13.6. The number of carbonyl (C=O) groups is 1. The van der Waals surface area contributed by atoms with E-state index in [4.69, 9.17) is 0 Å². The molecule has 0 bridgehead atoms. The third-order valence-electron chi connectivity index (χ3n) is 4.99. The van der Waals surface area contributed by atoms with Crippen LogP contribution in [0.2, 0.25) is 0 Å². The summed E-state index contributed by atoms with van der Waals surface area (Å²) in [6, 6.07) is 8.96. The van der Waals surface area contributed by atoms with Crippen LogP contribution in [0, 0.1) is 0 Å². The van der Waals surface area contributed by atoms with E-state index in [-0.39, 0.29) is 24.1 Å². The van der Waals surface area contributed by atoms with Crippen molar-refractivity contribution in [2.45, 2.75) is 58.2 Å². The molecule has 0 fully saturated rings. The SMILES string of the molecule is C[C@@H](Cn1nc2c(cc1=O)CCCCC2)NC(=O)Cn1nc2ccccc2n1. The lowest BCUT2D eigenvalue weighted by Crippen LogP contribution is -2.40. The molecule has 0 spiro atoms. The zero-order chi connectivity index (χ0) is 19.5. The third-order valence-corrected chi connectivity index (χ3v) is 4.99. The lowest BCUT2D eigenvalue weighted by Gasteiger charge is -2.16. The maximum atomic E-state index is 12.4. The molecule has 3 aromatic rings. The molecule has 1 amide bonds. The van der Waals surface area contributed by atoms with Crippen LogP contribution in [0.4, 0.5) is 0 Å². The molecule has 1 atom stereocenters. The summed E-state index contributed by atoms with van der Waals surface area (Å²) >= 11 is 0. The quantitative estimate of drug-likeness (QED) is 0.676. The number of hydrogen-bond donors (Lipinski definition) is 1. The molecule has 2 heterocycles. The number of fused-ring (bicyclic) bond motifs is 2. The highest BCUT2D eigenvalue weighted by Gasteiger charge is 2.15. The highest BCUT2D eigenvalue weighted by atomic mass is 16.2. The van der Waals surface area contributed by atoms with Crippen molar-refractivity contribution >= 4 is 16.9 Å². The van der Waals surface area contributed by atoms with Crippen molar-refractivity contribution in [1.29, 1.82) is 0 Å². The second kappa shape index (κ2) is 7.92. The first kappa shape index (κ1) is 18.3. The van der Waals surface area contributed by atoms with Gasteiger partial charge in [0.15, 0.2) is 0 Å². The van der Waals surface area contributed by atoms with Crippen LogP contribution in [0.3, 0.4) is 0 Å². The summed E-state index contributed by atoms with van der Waals surface area (Å²) in [5, 5.41) is 16.0. The predicted octanol–water partition coefficient (Wildman–Crippen LogP) is 1.46. The minimum Gasteiger partial charge on any atom is -0.350 e. The van der Waals surface area contributed by atoms with Gasteiger partial charge in [-0.3, -0.25) is 9.59 Å². The van der Waals surface area contributed by atoms with E-state index in [9.17, 15) is 9.59 Å². The van der Waals surface area contributed by atoms with Gasteiger partial charge in [-0.05, 0) is 50.3 Å². The molecule has 4 rings (SSSR count). The van der Waals surface area contributed by atoms with Crippen LogP contribution in [0.1, 0.15) is 37.4 Å². The summed E-state index contributed by atoms with van der Waals surface area (Å²) in [4.78, 5) is 26.1. The fourth-order valence-corrected chi connectivity index (χ4v) is 3.64. The number of hydrogen-bond acceptors (Lipinski definition) is 5. The van der Waals surface area contributed by atoms with Crippen molar-refractivity contribution in [3.63, 3.8) is 0 Å². The Morgan fingerprint density at radius 3 is 2.57 bits per heavy atom. The zero-order valence-corrected chi connectivity index (χ0v) is 16.0. The minimum atomic E-state index is -0.230. The Bertz CT molecular complexity index is 1020. The molecular weight excluding hydrogens is 356 g/mol. The molecule has 146 valence electrons. The van der Waals surface area contributed by atoms with Gasteiger partial charge in [0.2, 0.25) is 5.91 Å². The molecule has 1 aromatic carbocycles. The maximum Gasteiger partial charge on any atom is 0.267 e. The molecular formula is C20H24N6O2. The first-order valence-electron chi connectivity index (χ1n) is 9.77. The van der Waals surface area contributed by atoms with Crippen molar-refractivity contribution in [3.8, 4) is 0 Å². The molecule has 2 aromatic heterocycles. The maximum absolute atomic E-state index is 12.4. The Morgan fingerprint density at radius 1 is 1.11 bits per heavy atom. The molecule has 0 saturated carbocycles. The summed E-state index contributed by atoms with van der Waals surface area (Å²) in [7, 11) is 0. The van der Waals surface area contributed by atoms with Gasteiger partial charge < -0.3 is 5.32 Å². The van der Waals surface area contributed by atoms with Crippen LogP contribution in [0.25, 0.3) is 11.0 Å². The topological polar surface area (TPSA) is 94.7 Å². The van der Waals surface area contributed by atoms with Crippen LogP contribution in [-0.2, 0) is 30.7 Å². The number of aryl methyl sites for hydroxylation is 2. The number of amides is 1. The van der Waals surface area contributed by atoms with E-state index in [1.807, 2.05) is 31.2 Å². The fourth-order valence-electron chi connectivity index (χ4n) is 3.64. The second-order valence-electron chi connectivity index (χ2n) is 7.38. The van der Waals surface area contributed by atoms with E-state index in [1.165, 1.54) is 15.9 Å². The second-order valence-corrected chi connectivity index (χ2v) is 7.38. The zero-order valence-electron chi connectivity index (χ0n) is 16.0. The molecule has 0 aliphatic heterocycles. The van der Waals surface area contributed by atoms with Crippen molar-refractivity contribution in [3.05, 3.63) is 51.9 Å². The predicted molar refractivity (Wildman–Crippen MR) is 105 cm³/mol. The van der Waals surface area contributed by atoms with Gasteiger partial charge in [-0.25, -0.2) is 4.68 Å². The Labute approximate surface area is 162 Å². The van der Waals surface area contributed by atoms with Gasteiger partial charge in [-0.1, -0.05) is 18.6 Å². The standard InChI is InChI=1S/C20H24N6O2/c1-14(12-25-20(28)11-15-7-3-2-4-8-16(15)22-25)21-19(27)13-26-23-17-9-5-6-10-18(17)24-26/h5-6,9-11,14H,2-4,7-8,12-13H2,1H3,(H,21,27)/t14-/m0/s1. The number of benzene rings is 1. The van der Waals surface area contributed by atoms with E-state index < -0.39 is 0 Å². The van der Waals surface area contributed by atoms with E-state index in [0.29, 0.717) is 6.54 Å².